The van der Waals surface area contributed by atoms with Crippen molar-refractivity contribution in [3.63, 3.8) is 0 Å². The number of hydrogen-bond acceptors (Lipinski definition) is 4. The number of thioether (sulfide) groups is 1. The second-order valence-electron chi connectivity index (χ2n) is 5.30. The Morgan fingerprint density at radius 2 is 2.00 bits per heavy atom. The fourth-order valence-electron chi connectivity index (χ4n) is 2.50. The number of hydrogen-bond donors (Lipinski definition) is 0. The number of aromatic nitrogens is 2. The highest BCUT2D eigenvalue weighted by Crippen LogP contribution is 2.18. The molecule has 1 saturated heterocycles. The Kier molecular flexibility index (Phi) is 5.06. The lowest BCUT2D eigenvalue weighted by Gasteiger charge is -2.14. The van der Waals surface area contributed by atoms with Gasteiger partial charge in [0.25, 0.3) is 5.91 Å². The molecule has 5 heteroatoms. The molecule has 0 aliphatic carbocycles. The van der Waals surface area contributed by atoms with E-state index in [1.165, 1.54) is 0 Å². The van der Waals surface area contributed by atoms with E-state index in [4.69, 9.17) is 0 Å². The highest BCUT2D eigenvalue weighted by molar-refractivity contribution is 7.99. The minimum atomic E-state index is 0.107. The average molecular weight is 313 g/mol. The van der Waals surface area contributed by atoms with Gasteiger partial charge in [-0.1, -0.05) is 6.07 Å². The van der Waals surface area contributed by atoms with Gasteiger partial charge in [-0.15, -0.1) is 11.8 Å². The fraction of sp³-hybridized carbons (Fsp3) is 0.353. The summed E-state index contributed by atoms with van der Waals surface area (Å²) in [6, 6.07) is 9.78. The van der Waals surface area contributed by atoms with E-state index >= 15 is 0 Å². The Bertz CT molecular complexity index is 610. The Labute approximate surface area is 135 Å². The highest BCUT2D eigenvalue weighted by atomic mass is 32.2. The molecule has 114 valence electrons. The number of likely N-dealkylation sites (tertiary alicyclic amines) is 1. The third-order valence-electron chi connectivity index (χ3n) is 3.71. The lowest BCUT2D eigenvalue weighted by molar-refractivity contribution is 0.0792. The van der Waals surface area contributed by atoms with Crippen molar-refractivity contribution in [3.8, 4) is 0 Å². The summed E-state index contributed by atoms with van der Waals surface area (Å²) in [5.41, 5.74) is 1.78. The molecule has 1 fully saturated rings. The number of pyridine rings is 2. The fourth-order valence-corrected chi connectivity index (χ4v) is 3.31. The molecule has 4 nitrogen and oxygen atoms in total. The van der Waals surface area contributed by atoms with Gasteiger partial charge in [-0.3, -0.25) is 9.78 Å². The van der Waals surface area contributed by atoms with E-state index in [0.717, 1.165) is 48.8 Å². The minimum absolute atomic E-state index is 0.107. The maximum atomic E-state index is 12.2. The van der Waals surface area contributed by atoms with Crippen molar-refractivity contribution in [2.24, 2.45) is 0 Å². The van der Waals surface area contributed by atoms with Gasteiger partial charge in [0.05, 0.1) is 10.6 Å². The van der Waals surface area contributed by atoms with E-state index in [9.17, 15) is 4.79 Å². The van der Waals surface area contributed by atoms with Crippen LogP contribution in [0.2, 0.25) is 0 Å². The molecule has 0 spiro atoms. The zero-order chi connectivity index (χ0) is 15.2. The summed E-state index contributed by atoms with van der Waals surface area (Å²) >= 11 is 1.69. The van der Waals surface area contributed by atoms with Gasteiger partial charge >= 0.3 is 0 Å². The van der Waals surface area contributed by atoms with Crippen molar-refractivity contribution < 1.29 is 4.79 Å². The predicted octanol–water partition coefficient (Wildman–Crippen LogP) is 3.05. The Morgan fingerprint density at radius 1 is 1.14 bits per heavy atom. The Morgan fingerprint density at radius 3 is 2.68 bits per heavy atom. The monoisotopic (exact) mass is 313 g/mol. The van der Waals surface area contributed by atoms with Crippen LogP contribution >= 0.6 is 11.8 Å². The second kappa shape index (κ2) is 7.40. The van der Waals surface area contributed by atoms with E-state index in [-0.39, 0.29) is 5.91 Å². The molecule has 1 amide bonds. The molecule has 22 heavy (non-hydrogen) atoms. The third kappa shape index (κ3) is 3.85. The van der Waals surface area contributed by atoms with Gasteiger partial charge in [-0.05, 0) is 43.5 Å². The molecular formula is C17H19N3OS. The Balaban J connectivity index is 1.52. The van der Waals surface area contributed by atoms with Gasteiger partial charge in [0.2, 0.25) is 0 Å². The molecule has 0 N–H and O–H groups in total. The van der Waals surface area contributed by atoms with Crippen LogP contribution in [0.25, 0.3) is 0 Å². The summed E-state index contributed by atoms with van der Waals surface area (Å²) in [4.78, 5) is 22.8. The smallest absolute Gasteiger partial charge is 0.255 e. The van der Waals surface area contributed by atoms with Gasteiger partial charge < -0.3 is 4.90 Å². The SMILES string of the molecule is O=C(c1ccc(SCCc2ccccn2)nc1)N1CCCC1. The topological polar surface area (TPSA) is 46.1 Å². The normalized spacial score (nSPS) is 14.3. The van der Waals surface area contributed by atoms with Gasteiger partial charge in [-0.25, -0.2) is 4.98 Å². The molecule has 0 saturated carbocycles. The number of amides is 1. The standard InChI is InChI=1S/C17H19N3OS/c21-17(20-10-3-4-11-20)14-6-7-16(19-13-14)22-12-8-15-5-1-2-9-18-15/h1-2,5-7,9,13H,3-4,8,10-12H2. The first kappa shape index (κ1) is 15.0. The van der Waals surface area contributed by atoms with E-state index in [1.54, 1.807) is 18.0 Å². The summed E-state index contributed by atoms with van der Waals surface area (Å²) in [5, 5.41) is 0.953. The molecule has 3 heterocycles. The molecule has 1 aliphatic heterocycles. The van der Waals surface area contributed by atoms with Crippen molar-refractivity contribution in [2.75, 3.05) is 18.8 Å². The lowest BCUT2D eigenvalue weighted by atomic mass is 10.2. The number of nitrogens with zero attached hydrogens (tertiary/aromatic N) is 3. The third-order valence-corrected chi connectivity index (χ3v) is 4.66. The molecule has 3 rings (SSSR count). The molecule has 1 aliphatic rings. The van der Waals surface area contributed by atoms with Gasteiger partial charge in [-0.2, -0.15) is 0 Å². The molecule has 2 aromatic heterocycles. The Hall–Kier alpha value is -1.88. The quantitative estimate of drug-likeness (QED) is 0.796. The van der Waals surface area contributed by atoms with Crippen LogP contribution in [-0.2, 0) is 6.42 Å². The number of rotatable bonds is 5. The van der Waals surface area contributed by atoms with Crippen LogP contribution in [0.15, 0.2) is 47.8 Å². The van der Waals surface area contributed by atoms with Crippen molar-refractivity contribution >= 4 is 17.7 Å². The van der Waals surface area contributed by atoms with Crippen molar-refractivity contribution in [3.05, 3.63) is 54.0 Å². The number of aryl methyl sites for hydroxylation is 1. The molecule has 0 aromatic carbocycles. The first-order valence-corrected chi connectivity index (χ1v) is 8.59. The van der Waals surface area contributed by atoms with E-state index < -0.39 is 0 Å². The van der Waals surface area contributed by atoms with Crippen molar-refractivity contribution in [1.29, 1.82) is 0 Å². The summed E-state index contributed by atoms with van der Waals surface area (Å²) < 4.78 is 0. The maximum Gasteiger partial charge on any atom is 0.255 e. The molecule has 0 bridgehead atoms. The minimum Gasteiger partial charge on any atom is -0.339 e. The van der Waals surface area contributed by atoms with Crippen LogP contribution < -0.4 is 0 Å². The first-order chi connectivity index (χ1) is 10.8. The van der Waals surface area contributed by atoms with Crippen LogP contribution in [0.1, 0.15) is 28.9 Å². The summed E-state index contributed by atoms with van der Waals surface area (Å²) in [6.07, 6.45) is 6.66. The van der Waals surface area contributed by atoms with Crippen molar-refractivity contribution in [2.45, 2.75) is 24.3 Å². The second-order valence-corrected chi connectivity index (χ2v) is 6.42. The predicted molar refractivity (Wildman–Crippen MR) is 88.0 cm³/mol. The van der Waals surface area contributed by atoms with Gasteiger partial charge in [0, 0.05) is 36.9 Å². The molecular weight excluding hydrogens is 294 g/mol. The van der Waals surface area contributed by atoms with Crippen LogP contribution in [0, 0.1) is 0 Å². The maximum absolute atomic E-state index is 12.2. The molecule has 0 unspecified atom stereocenters. The largest absolute Gasteiger partial charge is 0.339 e. The van der Waals surface area contributed by atoms with Gasteiger partial charge in [0.15, 0.2) is 0 Å². The number of carbonyl (C=O) groups excluding carboxylic acids is 1. The van der Waals surface area contributed by atoms with E-state index in [1.807, 2.05) is 41.4 Å². The van der Waals surface area contributed by atoms with Crippen molar-refractivity contribution in [1.82, 2.24) is 14.9 Å². The van der Waals surface area contributed by atoms with Crippen LogP contribution in [0.5, 0.6) is 0 Å². The summed E-state index contributed by atoms with van der Waals surface area (Å²) in [6.45, 7) is 1.75. The van der Waals surface area contributed by atoms with Gasteiger partial charge in [0.1, 0.15) is 0 Å². The van der Waals surface area contributed by atoms with Crippen LogP contribution in [-0.4, -0.2) is 39.6 Å². The highest BCUT2D eigenvalue weighted by Gasteiger charge is 2.19. The average Bonchev–Trinajstić information content (AvgIpc) is 3.10. The van der Waals surface area contributed by atoms with E-state index in [0.29, 0.717) is 5.56 Å². The number of carbonyl (C=O) groups is 1. The van der Waals surface area contributed by atoms with E-state index in [2.05, 4.69) is 9.97 Å². The molecule has 0 radical (unpaired) electrons. The molecule has 2 aromatic rings. The molecule has 0 atom stereocenters. The summed E-state index contributed by atoms with van der Waals surface area (Å²) in [5.74, 6) is 1.04. The first-order valence-electron chi connectivity index (χ1n) is 7.61. The zero-order valence-electron chi connectivity index (χ0n) is 12.4. The van der Waals surface area contributed by atoms with Crippen LogP contribution in [0.4, 0.5) is 0 Å². The van der Waals surface area contributed by atoms with Crippen LogP contribution in [0.3, 0.4) is 0 Å². The lowest BCUT2D eigenvalue weighted by Crippen LogP contribution is -2.27. The zero-order valence-corrected chi connectivity index (χ0v) is 13.3. The summed E-state index contributed by atoms with van der Waals surface area (Å²) in [7, 11) is 0.